The quantitative estimate of drug-likeness (QED) is 0.666. The summed E-state index contributed by atoms with van der Waals surface area (Å²) in [5.74, 6) is -1.18. The van der Waals surface area contributed by atoms with Crippen LogP contribution in [0.5, 0.6) is 0 Å². The number of aromatic nitrogens is 1. The summed E-state index contributed by atoms with van der Waals surface area (Å²) < 4.78 is 12.7. The lowest BCUT2D eigenvalue weighted by Gasteiger charge is -2.36. The highest BCUT2D eigenvalue weighted by Gasteiger charge is 2.37. The molecule has 2 rings (SSSR count). The Kier molecular flexibility index (Phi) is 5.83. The van der Waals surface area contributed by atoms with Crippen LogP contribution in [-0.2, 0) is 15.8 Å². The molecule has 28 heavy (non-hydrogen) atoms. The van der Waals surface area contributed by atoms with E-state index < -0.39 is 26.0 Å². The molecular weight excluding hydrogens is 374 g/mol. The Morgan fingerprint density at radius 2 is 1.68 bits per heavy atom. The summed E-state index contributed by atoms with van der Waals surface area (Å²) in [5.41, 5.74) is 0.602. The van der Waals surface area contributed by atoms with E-state index in [1.165, 1.54) is 6.07 Å². The van der Waals surface area contributed by atoms with Crippen LogP contribution in [0.2, 0.25) is 18.1 Å². The first-order valence-electron chi connectivity index (χ1n) is 9.37. The van der Waals surface area contributed by atoms with E-state index in [4.69, 9.17) is 9.16 Å². The number of aromatic carboxylic acids is 1. The first kappa shape index (κ1) is 22.2. The highest BCUT2D eigenvalue weighted by atomic mass is 28.4. The number of carboxylic acids is 1. The maximum Gasteiger partial charge on any atom is 0.419 e. The van der Waals surface area contributed by atoms with E-state index >= 15 is 0 Å². The minimum atomic E-state index is -1.90. The van der Waals surface area contributed by atoms with Crippen molar-refractivity contribution < 1.29 is 23.9 Å². The van der Waals surface area contributed by atoms with Gasteiger partial charge < -0.3 is 14.3 Å². The van der Waals surface area contributed by atoms with Gasteiger partial charge in [0.1, 0.15) is 11.3 Å². The van der Waals surface area contributed by atoms with Gasteiger partial charge in [0.25, 0.3) is 0 Å². The van der Waals surface area contributed by atoms with Crippen LogP contribution in [0.25, 0.3) is 10.9 Å². The lowest BCUT2D eigenvalue weighted by atomic mass is 10.1. The molecule has 0 amide bonds. The molecule has 0 saturated heterocycles. The van der Waals surface area contributed by atoms with E-state index in [0.717, 1.165) is 10.1 Å². The molecule has 0 fully saturated rings. The summed E-state index contributed by atoms with van der Waals surface area (Å²) in [7, 11) is -1.90. The van der Waals surface area contributed by atoms with Crippen LogP contribution in [0.15, 0.2) is 24.3 Å². The molecule has 7 heteroatoms. The second-order valence-electron chi connectivity index (χ2n) is 9.59. The van der Waals surface area contributed by atoms with Crippen LogP contribution < -0.4 is 0 Å². The molecule has 1 N–H and O–H groups in total. The Balaban J connectivity index is 2.40. The highest BCUT2D eigenvalue weighted by Crippen LogP contribution is 2.37. The molecule has 0 bridgehead atoms. The minimum absolute atomic E-state index is 0.105. The summed E-state index contributed by atoms with van der Waals surface area (Å²) in [6.07, 6.45) is -0.704. The molecule has 0 unspecified atom stereocenters. The lowest BCUT2D eigenvalue weighted by Crippen LogP contribution is -2.40. The van der Waals surface area contributed by atoms with Gasteiger partial charge in [-0.25, -0.2) is 14.2 Å². The predicted octanol–water partition coefficient (Wildman–Crippen LogP) is 5.64. The van der Waals surface area contributed by atoms with Gasteiger partial charge >= 0.3 is 12.1 Å². The molecular formula is C21H31NO5Si. The van der Waals surface area contributed by atoms with Gasteiger partial charge in [0, 0.05) is 5.39 Å². The lowest BCUT2D eigenvalue weighted by molar-refractivity contribution is 0.0513. The second kappa shape index (κ2) is 7.37. The maximum absolute atomic E-state index is 12.6. The van der Waals surface area contributed by atoms with Gasteiger partial charge in [-0.05, 0) is 62.7 Å². The maximum atomic E-state index is 12.6. The normalized spacial score (nSPS) is 13.0. The Morgan fingerprint density at radius 3 is 2.18 bits per heavy atom. The Morgan fingerprint density at radius 1 is 1.07 bits per heavy atom. The zero-order chi connectivity index (χ0) is 21.5. The second-order valence-corrected chi connectivity index (χ2v) is 14.4. The number of fused-ring (bicyclic) bond motifs is 1. The largest absolute Gasteiger partial charge is 0.477 e. The van der Waals surface area contributed by atoms with Gasteiger partial charge in [-0.1, -0.05) is 26.8 Å². The average molecular weight is 406 g/mol. The standard InChI is InChI=1S/C21H31NO5Si/c1-20(2,3)27-19(25)22-16-10-9-14(11-15(16)12-17(22)18(23)24)13-26-28(7,8)21(4,5)6/h9-12H,13H2,1-8H3,(H,23,24). The van der Waals surface area contributed by atoms with Crippen molar-refractivity contribution in [1.29, 1.82) is 0 Å². The van der Waals surface area contributed by atoms with Crippen molar-refractivity contribution in [2.75, 3.05) is 0 Å². The van der Waals surface area contributed by atoms with Crippen molar-refractivity contribution in [3.8, 4) is 0 Å². The molecule has 0 saturated carbocycles. The Hall–Kier alpha value is -2.12. The molecule has 0 aliphatic carbocycles. The molecule has 1 heterocycles. The number of carboxylic acid groups (broad SMARTS) is 1. The van der Waals surface area contributed by atoms with E-state index in [1.54, 1.807) is 26.8 Å². The molecule has 2 aromatic rings. The topological polar surface area (TPSA) is 77.8 Å². The van der Waals surface area contributed by atoms with Gasteiger partial charge in [0.15, 0.2) is 8.32 Å². The molecule has 0 aliphatic rings. The minimum Gasteiger partial charge on any atom is -0.477 e. The molecule has 1 aromatic carbocycles. The first-order chi connectivity index (χ1) is 12.6. The van der Waals surface area contributed by atoms with Crippen molar-refractivity contribution in [3.63, 3.8) is 0 Å². The van der Waals surface area contributed by atoms with Gasteiger partial charge in [-0.15, -0.1) is 0 Å². The van der Waals surface area contributed by atoms with Gasteiger partial charge in [0.05, 0.1) is 12.1 Å². The van der Waals surface area contributed by atoms with E-state index in [1.807, 2.05) is 12.1 Å². The SMILES string of the molecule is CC(C)(C)OC(=O)n1c(C(=O)O)cc2cc(CO[Si](C)(C)C(C)(C)C)ccc21. The molecule has 0 atom stereocenters. The molecule has 6 nitrogen and oxygen atoms in total. The van der Waals surface area contributed by atoms with Crippen LogP contribution in [-0.4, -0.2) is 35.7 Å². The van der Waals surface area contributed by atoms with Crippen LogP contribution in [0.3, 0.4) is 0 Å². The van der Waals surface area contributed by atoms with Gasteiger partial charge in [0.2, 0.25) is 0 Å². The average Bonchev–Trinajstić information content (AvgIpc) is 2.89. The number of ether oxygens (including phenoxy) is 1. The smallest absolute Gasteiger partial charge is 0.419 e. The van der Waals surface area contributed by atoms with E-state index in [-0.39, 0.29) is 10.7 Å². The molecule has 1 aromatic heterocycles. The summed E-state index contributed by atoms with van der Waals surface area (Å²) in [6, 6.07) is 6.98. The fraction of sp³-hybridized carbons (Fsp3) is 0.524. The van der Waals surface area contributed by atoms with Gasteiger partial charge in [-0.2, -0.15) is 0 Å². The van der Waals surface area contributed by atoms with E-state index in [2.05, 4.69) is 33.9 Å². The van der Waals surface area contributed by atoms with Crippen LogP contribution in [0.4, 0.5) is 4.79 Å². The van der Waals surface area contributed by atoms with Crippen LogP contribution in [0.1, 0.15) is 57.6 Å². The summed E-state index contributed by atoms with van der Waals surface area (Å²) in [5, 5.41) is 10.3. The number of hydrogen-bond donors (Lipinski definition) is 1. The molecule has 154 valence electrons. The Bertz CT molecular complexity index is 900. The molecule has 0 radical (unpaired) electrons. The van der Waals surface area contributed by atoms with Crippen molar-refractivity contribution in [1.82, 2.24) is 4.57 Å². The Labute approximate surface area is 167 Å². The number of nitrogens with zero attached hydrogens (tertiary/aromatic N) is 1. The number of benzene rings is 1. The summed E-state index contributed by atoms with van der Waals surface area (Å²) in [6.45, 7) is 16.6. The molecule has 0 spiro atoms. The first-order valence-corrected chi connectivity index (χ1v) is 12.3. The third-order valence-electron chi connectivity index (χ3n) is 5.07. The summed E-state index contributed by atoms with van der Waals surface area (Å²) >= 11 is 0. The zero-order valence-electron chi connectivity index (χ0n) is 18.0. The monoisotopic (exact) mass is 405 g/mol. The predicted molar refractivity (Wildman–Crippen MR) is 113 cm³/mol. The fourth-order valence-corrected chi connectivity index (χ4v) is 3.46. The van der Waals surface area contributed by atoms with E-state index in [9.17, 15) is 14.7 Å². The number of rotatable bonds is 4. The van der Waals surface area contributed by atoms with E-state index in [0.29, 0.717) is 17.5 Å². The number of carbonyl (C=O) groups is 2. The van der Waals surface area contributed by atoms with Crippen molar-refractivity contribution in [3.05, 3.63) is 35.5 Å². The number of hydrogen-bond acceptors (Lipinski definition) is 4. The number of carbonyl (C=O) groups excluding carboxylic acids is 1. The van der Waals surface area contributed by atoms with Crippen molar-refractivity contribution in [2.24, 2.45) is 0 Å². The highest BCUT2D eigenvalue weighted by molar-refractivity contribution is 6.74. The molecule has 0 aliphatic heterocycles. The third-order valence-corrected chi connectivity index (χ3v) is 9.55. The van der Waals surface area contributed by atoms with Crippen molar-refractivity contribution in [2.45, 2.75) is 71.9 Å². The third kappa shape index (κ3) is 4.83. The van der Waals surface area contributed by atoms with Gasteiger partial charge in [-0.3, -0.25) is 0 Å². The fourth-order valence-electron chi connectivity index (χ4n) is 2.50. The zero-order valence-corrected chi connectivity index (χ0v) is 19.0. The van der Waals surface area contributed by atoms with Crippen molar-refractivity contribution >= 4 is 31.3 Å². The van der Waals surface area contributed by atoms with Crippen LogP contribution in [0, 0.1) is 0 Å². The van der Waals surface area contributed by atoms with Crippen LogP contribution >= 0.6 is 0 Å². The summed E-state index contributed by atoms with van der Waals surface area (Å²) in [4.78, 5) is 24.2.